The molecule has 9 heteroatoms. The van der Waals surface area contributed by atoms with Crippen LogP contribution in [0.1, 0.15) is 23.0 Å². The molecule has 118 valence electrons. The zero-order chi connectivity index (χ0) is 16.6. The van der Waals surface area contributed by atoms with Crippen LogP contribution in [0.2, 0.25) is 0 Å². The predicted octanol–water partition coefficient (Wildman–Crippen LogP) is 3.16. The first-order chi connectivity index (χ1) is 10.3. The van der Waals surface area contributed by atoms with Crippen molar-refractivity contribution in [2.45, 2.75) is 20.4 Å². The van der Waals surface area contributed by atoms with Crippen LogP contribution in [-0.4, -0.2) is 15.7 Å². The Bertz CT molecular complexity index is 728. The van der Waals surface area contributed by atoms with Crippen molar-refractivity contribution >= 4 is 11.6 Å². The third-order valence-corrected chi connectivity index (χ3v) is 3.10. The molecule has 1 aromatic carbocycles. The molecule has 0 bridgehead atoms. The lowest BCUT2D eigenvalue weighted by atomic mass is 10.2. The van der Waals surface area contributed by atoms with Gasteiger partial charge in [0.25, 0.3) is 5.91 Å². The van der Waals surface area contributed by atoms with Crippen molar-refractivity contribution in [3.05, 3.63) is 46.5 Å². The number of carbonyl (C=O) groups is 1. The number of hydrogen-bond acceptors (Lipinski definition) is 2. The van der Waals surface area contributed by atoms with Gasteiger partial charge < -0.3 is 5.32 Å². The molecule has 0 saturated heterocycles. The molecule has 2 rings (SSSR count). The molecule has 2 aromatic rings. The molecular weight excluding hydrogens is 309 g/mol. The number of hydrogen-bond donors (Lipinski definition) is 1. The van der Waals surface area contributed by atoms with Crippen LogP contribution in [0.25, 0.3) is 0 Å². The SMILES string of the molecule is CCn1ncc(C(=O)Nc2c(F)c(F)c(F)c(F)c2F)c1C. The number of aryl methyl sites for hydroxylation is 1. The number of aromatic nitrogens is 2. The van der Waals surface area contributed by atoms with Crippen molar-refractivity contribution in [1.82, 2.24) is 9.78 Å². The smallest absolute Gasteiger partial charge is 0.259 e. The van der Waals surface area contributed by atoms with Crippen LogP contribution in [0.3, 0.4) is 0 Å². The fourth-order valence-corrected chi connectivity index (χ4v) is 1.88. The minimum atomic E-state index is -2.29. The second kappa shape index (κ2) is 5.74. The van der Waals surface area contributed by atoms with Gasteiger partial charge in [0.1, 0.15) is 5.69 Å². The van der Waals surface area contributed by atoms with E-state index in [-0.39, 0.29) is 5.56 Å². The molecule has 0 aliphatic rings. The monoisotopic (exact) mass is 319 g/mol. The van der Waals surface area contributed by atoms with E-state index in [1.54, 1.807) is 12.2 Å². The summed E-state index contributed by atoms with van der Waals surface area (Å²) in [5.74, 6) is -11.8. The van der Waals surface area contributed by atoms with Crippen LogP contribution in [0.15, 0.2) is 6.20 Å². The zero-order valence-electron chi connectivity index (χ0n) is 11.5. The van der Waals surface area contributed by atoms with Gasteiger partial charge in [-0.25, -0.2) is 22.0 Å². The minimum absolute atomic E-state index is 0.0363. The second-order valence-corrected chi connectivity index (χ2v) is 4.36. The first-order valence-corrected chi connectivity index (χ1v) is 6.14. The third-order valence-electron chi connectivity index (χ3n) is 3.10. The van der Waals surface area contributed by atoms with E-state index in [1.807, 2.05) is 0 Å². The van der Waals surface area contributed by atoms with E-state index in [0.717, 1.165) is 6.20 Å². The van der Waals surface area contributed by atoms with Gasteiger partial charge in [-0.3, -0.25) is 9.48 Å². The van der Waals surface area contributed by atoms with E-state index in [9.17, 15) is 26.7 Å². The molecule has 0 aliphatic heterocycles. The molecule has 0 atom stereocenters. The maximum Gasteiger partial charge on any atom is 0.259 e. The van der Waals surface area contributed by atoms with Crippen LogP contribution in [-0.2, 0) is 6.54 Å². The average molecular weight is 319 g/mol. The number of amides is 1. The highest BCUT2D eigenvalue weighted by atomic mass is 19.2. The number of anilines is 1. The Hall–Kier alpha value is -2.45. The van der Waals surface area contributed by atoms with E-state index in [1.165, 1.54) is 11.6 Å². The van der Waals surface area contributed by atoms with Crippen molar-refractivity contribution in [2.75, 3.05) is 5.32 Å². The van der Waals surface area contributed by atoms with Crippen molar-refractivity contribution in [3.63, 3.8) is 0 Å². The van der Waals surface area contributed by atoms with E-state index >= 15 is 0 Å². The molecule has 4 nitrogen and oxygen atoms in total. The molecule has 0 unspecified atom stereocenters. The van der Waals surface area contributed by atoms with Gasteiger partial charge in [-0.15, -0.1) is 0 Å². The Morgan fingerprint density at radius 3 is 2.05 bits per heavy atom. The Balaban J connectivity index is 2.43. The van der Waals surface area contributed by atoms with Gasteiger partial charge in [0.15, 0.2) is 23.3 Å². The third kappa shape index (κ3) is 2.42. The Morgan fingerprint density at radius 1 is 1.09 bits per heavy atom. The first-order valence-electron chi connectivity index (χ1n) is 6.14. The first kappa shape index (κ1) is 15.9. The maximum atomic E-state index is 13.5. The van der Waals surface area contributed by atoms with Gasteiger partial charge in [0, 0.05) is 12.2 Å². The van der Waals surface area contributed by atoms with Crippen LogP contribution in [0.4, 0.5) is 27.6 Å². The van der Waals surface area contributed by atoms with Crippen LogP contribution in [0, 0.1) is 36.0 Å². The molecule has 1 aromatic heterocycles. The Labute approximate surface area is 121 Å². The molecule has 0 fully saturated rings. The van der Waals surface area contributed by atoms with Crippen molar-refractivity contribution < 1.29 is 26.7 Å². The second-order valence-electron chi connectivity index (χ2n) is 4.36. The summed E-state index contributed by atoms with van der Waals surface area (Å²) in [4.78, 5) is 11.9. The Kier molecular flexibility index (Phi) is 4.16. The summed E-state index contributed by atoms with van der Waals surface area (Å²) in [6.45, 7) is 3.73. The van der Waals surface area contributed by atoms with Gasteiger partial charge >= 0.3 is 0 Å². The molecule has 0 aliphatic carbocycles. The van der Waals surface area contributed by atoms with E-state index < -0.39 is 40.7 Å². The van der Waals surface area contributed by atoms with Gasteiger partial charge in [0.2, 0.25) is 5.82 Å². The summed E-state index contributed by atoms with van der Waals surface area (Å²) < 4.78 is 67.5. The van der Waals surface area contributed by atoms with Gasteiger partial charge in [-0.1, -0.05) is 0 Å². The van der Waals surface area contributed by atoms with E-state index in [4.69, 9.17) is 0 Å². The standard InChI is InChI=1S/C13H10F5N3O/c1-3-21-5(2)6(4-19-21)13(22)20-12-10(17)8(15)7(14)9(16)11(12)18/h4H,3H2,1-2H3,(H,20,22). The molecule has 1 amide bonds. The zero-order valence-corrected chi connectivity index (χ0v) is 11.5. The van der Waals surface area contributed by atoms with Crippen molar-refractivity contribution in [3.8, 4) is 0 Å². The predicted molar refractivity (Wildman–Crippen MR) is 66.8 cm³/mol. The largest absolute Gasteiger partial charge is 0.317 e. The lowest BCUT2D eigenvalue weighted by Crippen LogP contribution is -2.17. The van der Waals surface area contributed by atoms with Crippen LogP contribution in [0.5, 0.6) is 0 Å². The van der Waals surface area contributed by atoms with Crippen LogP contribution < -0.4 is 5.32 Å². The maximum absolute atomic E-state index is 13.5. The highest BCUT2D eigenvalue weighted by Crippen LogP contribution is 2.27. The minimum Gasteiger partial charge on any atom is -0.317 e. The molecule has 0 saturated carbocycles. The Morgan fingerprint density at radius 2 is 1.59 bits per heavy atom. The van der Waals surface area contributed by atoms with Crippen molar-refractivity contribution in [2.24, 2.45) is 0 Å². The van der Waals surface area contributed by atoms with Gasteiger partial charge in [0.05, 0.1) is 11.8 Å². The fourth-order valence-electron chi connectivity index (χ4n) is 1.88. The van der Waals surface area contributed by atoms with Gasteiger partial charge in [-0.05, 0) is 13.8 Å². The van der Waals surface area contributed by atoms with E-state index in [2.05, 4.69) is 5.10 Å². The molecule has 0 radical (unpaired) electrons. The molecule has 22 heavy (non-hydrogen) atoms. The molecule has 1 N–H and O–H groups in total. The summed E-state index contributed by atoms with van der Waals surface area (Å²) in [6.07, 6.45) is 1.14. The topological polar surface area (TPSA) is 46.9 Å². The lowest BCUT2D eigenvalue weighted by Gasteiger charge is -2.09. The number of rotatable bonds is 3. The fraction of sp³-hybridized carbons (Fsp3) is 0.231. The summed E-state index contributed by atoms with van der Waals surface area (Å²) in [5, 5.41) is 5.54. The lowest BCUT2D eigenvalue weighted by molar-refractivity contribution is 0.102. The van der Waals surface area contributed by atoms with Crippen molar-refractivity contribution in [1.29, 1.82) is 0 Å². The van der Waals surface area contributed by atoms with Crippen LogP contribution >= 0.6 is 0 Å². The van der Waals surface area contributed by atoms with E-state index in [0.29, 0.717) is 12.2 Å². The molecular formula is C13H10F5N3O. The summed E-state index contributed by atoms with van der Waals surface area (Å²) in [6, 6.07) is 0. The number of carbonyl (C=O) groups excluding carboxylic acids is 1. The summed E-state index contributed by atoms with van der Waals surface area (Å²) in [7, 11) is 0. The number of nitrogens with zero attached hydrogens (tertiary/aromatic N) is 2. The molecule has 1 heterocycles. The quantitative estimate of drug-likeness (QED) is 0.537. The number of nitrogens with one attached hydrogen (secondary N) is 1. The number of halogens is 5. The summed E-state index contributed by atoms with van der Waals surface area (Å²) in [5.41, 5.74) is -1.04. The normalized spacial score (nSPS) is 10.9. The average Bonchev–Trinajstić information content (AvgIpc) is 2.88. The van der Waals surface area contributed by atoms with Gasteiger partial charge in [-0.2, -0.15) is 5.10 Å². The highest BCUT2D eigenvalue weighted by Gasteiger charge is 2.27. The highest BCUT2D eigenvalue weighted by molar-refractivity contribution is 6.05. The number of benzene rings is 1. The summed E-state index contributed by atoms with van der Waals surface area (Å²) >= 11 is 0. The molecule has 0 spiro atoms.